The Morgan fingerprint density at radius 2 is 0.679 bits per heavy atom. The van der Waals surface area contributed by atoms with Crippen LogP contribution in [0.4, 0.5) is 0 Å². The number of hydrogen-bond donors (Lipinski definition) is 0. The number of nitrogens with zero attached hydrogens (tertiary/aromatic N) is 1. The van der Waals surface area contributed by atoms with Gasteiger partial charge >= 0.3 is 0 Å². The van der Waals surface area contributed by atoms with E-state index in [-0.39, 0.29) is 17.7 Å². The smallest absolute Gasteiger partial charge is 0.236 e. The first kappa shape index (κ1) is 26.8. The molecular weight excluding hydrogens is 350 g/mol. The predicted molar refractivity (Wildman–Crippen MR) is 117 cm³/mol. The number of imide groups is 3. The van der Waals surface area contributed by atoms with E-state index < -0.39 is 0 Å². The first-order chi connectivity index (χ1) is 13.6. The Labute approximate surface area is 173 Å². The van der Waals surface area contributed by atoms with E-state index in [4.69, 9.17) is 0 Å². The Morgan fingerprint density at radius 3 is 0.929 bits per heavy atom. The molecule has 0 aromatic heterocycles. The molecule has 0 aromatic carbocycles. The van der Waals surface area contributed by atoms with Crippen LogP contribution in [0.25, 0.3) is 0 Å². The van der Waals surface area contributed by atoms with Crippen LogP contribution >= 0.6 is 0 Å². The lowest BCUT2D eigenvalue weighted by atomic mass is 10.1. The highest BCUT2D eigenvalue weighted by molar-refractivity contribution is 6.10. The van der Waals surface area contributed by atoms with Crippen LogP contribution in [0.15, 0.2) is 0 Å². The van der Waals surface area contributed by atoms with Gasteiger partial charge in [0.2, 0.25) is 17.7 Å². The van der Waals surface area contributed by atoms with Gasteiger partial charge in [0, 0.05) is 19.3 Å². The van der Waals surface area contributed by atoms with Gasteiger partial charge in [0.05, 0.1) is 0 Å². The third-order valence-electron chi connectivity index (χ3n) is 5.23. The topological polar surface area (TPSA) is 54.5 Å². The van der Waals surface area contributed by atoms with Crippen molar-refractivity contribution in [1.29, 1.82) is 0 Å². The van der Waals surface area contributed by atoms with Crippen molar-refractivity contribution in [3.05, 3.63) is 0 Å². The lowest BCUT2D eigenvalue weighted by Crippen LogP contribution is -2.41. The van der Waals surface area contributed by atoms with Gasteiger partial charge in [-0.1, -0.05) is 97.8 Å². The van der Waals surface area contributed by atoms with E-state index in [1.54, 1.807) is 0 Å². The molecule has 0 saturated carbocycles. The minimum absolute atomic E-state index is 0.284. The van der Waals surface area contributed by atoms with Crippen LogP contribution in [0.1, 0.15) is 136 Å². The number of hydrogen-bond acceptors (Lipinski definition) is 3. The zero-order valence-corrected chi connectivity index (χ0v) is 18.9. The lowest BCUT2D eigenvalue weighted by Gasteiger charge is -2.19. The largest absolute Gasteiger partial charge is 0.274 e. The molecule has 0 radical (unpaired) electrons. The van der Waals surface area contributed by atoms with Gasteiger partial charge in [0.1, 0.15) is 0 Å². The Balaban J connectivity index is 4.55. The van der Waals surface area contributed by atoms with Crippen LogP contribution < -0.4 is 0 Å². The highest BCUT2D eigenvalue weighted by Crippen LogP contribution is 2.14. The summed E-state index contributed by atoms with van der Waals surface area (Å²) in [5, 5.41) is 0. The molecule has 0 rings (SSSR count). The molecule has 0 saturated heterocycles. The molecule has 164 valence electrons. The van der Waals surface area contributed by atoms with Crippen molar-refractivity contribution in [3.63, 3.8) is 0 Å². The lowest BCUT2D eigenvalue weighted by molar-refractivity contribution is -0.154. The highest BCUT2D eigenvalue weighted by atomic mass is 16.2. The molecule has 3 amide bonds. The molecule has 28 heavy (non-hydrogen) atoms. The summed E-state index contributed by atoms with van der Waals surface area (Å²) in [5.74, 6) is -0.851. The SMILES string of the molecule is CCCCCCCC(=O)N(C(=O)CCCCCCC)C(=O)CCCCCCC. The van der Waals surface area contributed by atoms with Gasteiger partial charge in [-0.05, 0) is 19.3 Å². The fraction of sp³-hybridized carbons (Fsp3) is 0.875. The summed E-state index contributed by atoms with van der Waals surface area (Å²) in [6.07, 6.45) is 16.5. The van der Waals surface area contributed by atoms with Crippen molar-refractivity contribution < 1.29 is 14.4 Å². The Morgan fingerprint density at radius 1 is 0.429 bits per heavy atom. The molecule has 0 fully saturated rings. The van der Waals surface area contributed by atoms with E-state index in [1.807, 2.05) is 0 Å². The Kier molecular flexibility index (Phi) is 18.3. The van der Waals surface area contributed by atoms with E-state index in [1.165, 1.54) is 19.3 Å². The van der Waals surface area contributed by atoms with Crippen molar-refractivity contribution in [3.8, 4) is 0 Å². The predicted octanol–water partition coefficient (Wildman–Crippen LogP) is 6.95. The molecule has 0 spiro atoms. The quantitative estimate of drug-likeness (QED) is 0.236. The monoisotopic (exact) mass is 395 g/mol. The Hall–Kier alpha value is -1.19. The van der Waals surface area contributed by atoms with Crippen molar-refractivity contribution >= 4 is 17.7 Å². The molecule has 0 aliphatic heterocycles. The maximum atomic E-state index is 12.6. The summed E-state index contributed by atoms with van der Waals surface area (Å²) in [7, 11) is 0. The summed E-state index contributed by atoms with van der Waals surface area (Å²) in [6.45, 7) is 6.47. The molecular formula is C24H45NO3. The summed E-state index contributed by atoms with van der Waals surface area (Å²) in [4.78, 5) is 38.8. The number of amides is 3. The number of unbranched alkanes of at least 4 members (excludes halogenated alkanes) is 12. The first-order valence-corrected chi connectivity index (χ1v) is 12.0. The molecule has 0 heterocycles. The first-order valence-electron chi connectivity index (χ1n) is 12.0. The molecule has 0 atom stereocenters. The molecule has 0 N–H and O–H groups in total. The Bertz CT molecular complexity index is 358. The summed E-state index contributed by atoms with van der Waals surface area (Å²) < 4.78 is 0. The maximum absolute atomic E-state index is 12.6. The van der Waals surface area contributed by atoms with Gasteiger partial charge in [0.25, 0.3) is 0 Å². The summed E-state index contributed by atoms with van der Waals surface area (Å²) in [6, 6.07) is 0. The number of rotatable bonds is 18. The van der Waals surface area contributed by atoms with Gasteiger partial charge < -0.3 is 0 Å². The molecule has 0 bridgehead atoms. The van der Waals surface area contributed by atoms with Crippen LogP contribution in [0.2, 0.25) is 0 Å². The van der Waals surface area contributed by atoms with Crippen LogP contribution in [0, 0.1) is 0 Å². The van der Waals surface area contributed by atoms with Crippen LogP contribution in [0.5, 0.6) is 0 Å². The number of carbonyl (C=O) groups is 3. The second-order valence-corrected chi connectivity index (χ2v) is 8.01. The standard InChI is InChI=1S/C24H45NO3/c1-4-7-10-13-16-19-22(26)25(23(27)20-17-14-11-8-5-2)24(28)21-18-15-12-9-6-3/h4-21H2,1-3H3. The minimum Gasteiger partial charge on any atom is -0.274 e. The highest BCUT2D eigenvalue weighted by Gasteiger charge is 2.26. The van der Waals surface area contributed by atoms with E-state index in [0.717, 1.165) is 81.9 Å². The van der Waals surface area contributed by atoms with Crippen molar-refractivity contribution in [2.45, 2.75) is 136 Å². The second-order valence-electron chi connectivity index (χ2n) is 8.01. The van der Waals surface area contributed by atoms with Gasteiger partial charge in [-0.2, -0.15) is 0 Å². The molecule has 0 aromatic rings. The van der Waals surface area contributed by atoms with Gasteiger partial charge in [0.15, 0.2) is 0 Å². The van der Waals surface area contributed by atoms with E-state index in [0.29, 0.717) is 19.3 Å². The minimum atomic E-state index is -0.284. The third-order valence-corrected chi connectivity index (χ3v) is 5.23. The molecule has 0 aliphatic carbocycles. The van der Waals surface area contributed by atoms with Gasteiger partial charge in [-0.15, -0.1) is 0 Å². The van der Waals surface area contributed by atoms with Crippen LogP contribution in [-0.4, -0.2) is 22.6 Å². The third kappa shape index (κ3) is 13.9. The zero-order valence-electron chi connectivity index (χ0n) is 18.9. The normalized spacial score (nSPS) is 10.8. The second kappa shape index (κ2) is 19.1. The van der Waals surface area contributed by atoms with Crippen LogP contribution in [0.3, 0.4) is 0 Å². The zero-order chi connectivity index (χ0) is 21.0. The number of carbonyl (C=O) groups excluding carboxylic acids is 3. The van der Waals surface area contributed by atoms with Gasteiger partial charge in [-0.25, -0.2) is 4.90 Å². The molecule has 0 unspecified atom stereocenters. The average Bonchev–Trinajstić information content (AvgIpc) is 2.67. The molecule has 0 aliphatic rings. The van der Waals surface area contributed by atoms with Crippen molar-refractivity contribution in [1.82, 2.24) is 4.90 Å². The van der Waals surface area contributed by atoms with Gasteiger partial charge in [-0.3, -0.25) is 14.4 Å². The molecule has 4 heteroatoms. The van der Waals surface area contributed by atoms with E-state index >= 15 is 0 Å². The fourth-order valence-corrected chi connectivity index (χ4v) is 3.39. The maximum Gasteiger partial charge on any atom is 0.236 e. The average molecular weight is 396 g/mol. The molecule has 4 nitrogen and oxygen atoms in total. The van der Waals surface area contributed by atoms with Crippen molar-refractivity contribution in [2.75, 3.05) is 0 Å². The van der Waals surface area contributed by atoms with E-state index in [2.05, 4.69) is 20.8 Å². The van der Waals surface area contributed by atoms with Crippen molar-refractivity contribution in [2.24, 2.45) is 0 Å². The summed E-state index contributed by atoms with van der Waals surface area (Å²) in [5.41, 5.74) is 0. The fourth-order valence-electron chi connectivity index (χ4n) is 3.39. The van der Waals surface area contributed by atoms with E-state index in [9.17, 15) is 14.4 Å². The van der Waals surface area contributed by atoms with Crippen LogP contribution in [-0.2, 0) is 14.4 Å². The summed E-state index contributed by atoms with van der Waals surface area (Å²) >= 11 is 0.